The van der Waals surface area contributed by atoms with Gasteiger partial charge in [-0.25, -0.2) is 14.4 Å². The Balaban J connectivity index is 0.000000201. The summed E-state index contributed by atoms with van der Waals surface area (Å²) < 4.78 is 56.0. The maximum atomic E-state index is 11.9. The van der Waals surface area contributed by atoms with E-state index in [0.717, 1.165) is 98.8 Å². The van der Waals surface area contributed by atoms with Gasteiger partial charge in [-0.1, -0.05) is 30.3 Å². The fraction of sp³-hybridized carbons (Fsp3) is 0.420. The van der Waals surface area contributed by atoms with Crippen LogP contribution in [0.4, 0.5) is 4.79 Å². The van der Waals surface area contributed by atoms with Crippen LogP contribution in [-0.4, -0.2) is 144 Å². The van der Waals surface area contributed by atoms with Gasteiger partial charge in [0.2, 0.25) is 6.10 Å². The minimum Gasteiger partial charge on any atom is -0.475 e. The Bertz CT molecular complexity index is 3370. The highest BCUT2D eigenvalue weighted by Gasteiger charge is 2.26. The number of rotatable bonds is 16. The first-order valence-corrected chi connectivity index (χ1v) is 31.6. The molecule has 3 aliphatic heterocycles. The quantitative estimate of drug-likeness (QED) is 0.0260. The van der Waals surface area contributed by atoms with E-state index in [1.807, 2.05) is 39.2 Å². The summed E-state index contributed by atoms with van der Waals surface area (Å²) in [5.74, 6) is 0.646. The van der Waals surface area contributed by atoms with Gasteiger partial charge < -0.3 is 80.5 Å². The molecule has 0 radical (unpaired) electrons. The third kappa shape index (κ3) is 27.1. The van der Waals surface area contributed by atoms with Gasteiger partial charge in [0.1, 0.15) is 46.6 Å². The van der Waals surface area contributed by atoms with Gasteiger partial charge in [0.25, 0.3) is 0 Å². The third-order valence-electron chi connectivity index (χ3n) is 14.0. The van der Waals surface area contributed by atoms with E-state index >= 15 is 0 Å². The number of ketones is 1. The average Bonchev–Trinajstić information content (AvgIpc) is 2.01. The largest absolute Gasteiger partial charge is 0.475 e. The molecule has 94 heavy (non-hydrogen) atoms. The average molecular weight is 1370 g/mol. The van der Waals surface area contributed by atoms with Crippen molar-refractivity contribution in [3.63, 3.8) is 0 Å². The van der Waals surface area contributed by atoms with Gasteiger partial charge in [0.05, 0.1) is 70.9 Å². The fourth-order valence-electron chi connectivity index (χ4n) is 9.36. The SMILES string of the molecule is Brc1cc2c(o1)CCNCC2.CC(C)(C)OC(=O)N1CCc2ccoc2CC1.CCOC(=O)C(O)c1ccco1.CCOC(=O)Cc1occc1CC(=O)OC.O=C(O)C(=O)c1ccco1.OCCc1ccoc1CCO.c1ccc(CN2CCc3ccoc3CC2)cc1. The number of carbonyl (C=O) groups excluding carboxylic acids is 5. The first kappa shape index (κ1) is 76.0. The zero-order chi connectivity index (χ0) is 68.3. The molecule has 11 rings (SSSR count). The number of aliphatic hydroxyl groups excluding tert-OH is 3. The summed E-state index contributed by atoms with van der Waals surface area (Å²) in [5.41, 5.74) is 6.54. The first-order valence-electron chi connectivity index (χ1n) is 30.8. The van der Waals surface area contributed by atoms with Gasteiger partial charge in [-0.05, 0) is 165 Å². The van der Waals surface area contributed by atoms with Crippen molar-refractivity contribution in [3.05, 3.63) is 201 Å². The number of hydrogen-bond acceptors (Lipinski definition) is 22. The Morgan fingerprint density at radius 2 is 1.22 bits per heavy atom. The van der Waals surface area contributed by atoms with Crippen LogP contribution in [-0.2, 0) is 109 Å². The summed E-state index contributed by atoms with van der Waals surface area (Å²) in [4.78, 5) is 69.9. The predicted octanol–water partition coefficient (Wildman–Crippen LogP) is 10.1. The van der Waals surface area contributed by atoms with Crippen molar-refractivity contribution >= 4 is 51.7 Å². The lowest BCUT2D eigenvalue weighted by Crippen LogP contribution is -2.38. The molecular formula is C69H86BrN3O21. The Kier molecular flexibility index (Phi) is 33.2. The van der Waals surface area contributed by atoms with Crippen molar-refractivity contribution in [2.45, 2.75) is 117 Å². The summed E-state index contributed by atoms with van der Waals surface area (Å²) in [6.45, 7) is 16.6. The molecule has 1 amide bonds. The molecule has 0 saturated heterocycles. The summed E-state index contributed by atoms with van der Waals surface area (Å²) in [6.07, 6.45) is 14.8. The Hall–Kier alpha value is -8.72. The number of ether oxygens (including phenoxy) is 4. The number of carbonyl (C=O) groups is 6. The Labute approximate surface area is 554 Å². The second-order valence-corrected chi connectivity index (χ2v) is 22.7. The van der Waals surface area contributed by atoms with Crippen LogP contribution in [0, 0.1) is 0 Å². The number of fused-ring (bicyclic) bond motifs is 3. The molecule has 1 unspecified atom stereocenters. The van der Waals surface area contributed by atoms with Crippen molar-refractivity contribution in [1.82, 2.24) is 15.1 Å². The van der Waals surface area contributed by atoms with Crippen molar-refractivity contribution in [1.29, 1.82) is 0 Å². The predicted molar refractivity (Wildman–Crippen MR) is 344 cm³/mol. The number of methoxy groups -OCH3 is 1. The zero-order valence-electron chi connectivity index (χ0n) is 54.0. The highest BCUT2D eigenvalue weighted by atomic mass is 79.9. The monoisotopic (exact) mass is 1370 g/mol. The molecule has 8 aromatic rings. The number of aliphatic carboxylic acids is 1. The minimum absolute atomic E-state index is 0.0349. The van der Waals surface area contributed by atoms with E-state index in [-0.39, 0.29) is 62.2 Å². The zero-order valence-corrected chi connectivity index (χ0v) is 55.6. The molecular weight excluding hydrogens is 1290 g/mol. The molecule has 3 aliphatic rings. The van der Waals surface area contributed by atoms with E-state index < -0.39 is 29.4 Å². The molecule has 0 spiro atoms. The lowest BCUT2D eigenvalue weighted by Gasteiger charge is -2.26. The number of carboxylic acids is 1. The molecule has 0 fully saturated rings. The van der Waals surface area contributed by atoms with Gasteiger partial charge in [-0.3, -0.25) is 19.3 Å². The second kappa shape index (κ2) is 41.1. The fourth-order valence-corrected chi connectivity index (χ4v) is 9.83. The van der Waals surface area contributed by atoms with Crippen LogP contribution in [0.5, 0.6) is 0 Å². The van der Waals surface area contributed by atoms with E-state index in [2.05, 4.69) is 82.5 Å². The number of esters is 3. The van der Waals surface area contributed by atoms with Gasteiger partial charge in [0.15, 0.2) is 10.4 Å². The number of nitrogens with zero attached hydrogens (tertiary/aromatic N) is 2. The molecule has 0 saturated carbocycles. The van der Waals surface area contributed by atoms with Gasteiger partial charge in [-0.2, -0.15) is 0 Å². The molecule has 0 bridgehead atoms. The number of nitrogens with one attached hydrogen (secondary N) is 1. The van der Waals surface area contributed by atoms with Crippen LogP contribution in [0.15, 0.2) is 158 Å². The van der Waals surface area contributed by atoms with E-state index in [0.29, 0.717) is 43.9 Å². The highest BCUT2D eigenvalue weighted by Crippen LogP contribution is 2.24. The van der Waals surface area contributed by atoms with Crippen LogP contribution >= 0.6 is 15.9 Å². The summed E-state index contributed by atoms with van der Waals surface area (Å²) in [5, 5.41) is 37.9. The molecule has 1 aromatic carbocycles. The number of hydrogen-bond donors (Lipinski definition) is 5. The lowest BCUT2D eigenvalue weighted by atomic mass is 10.1. The topological polar surface area (TPSA) is 331 Å². The summed E-state index contributed by atoms with van der Waals surface area (Å²) in [6, 6.07) is 26.2. The van der Waals surface area contributed by atoms with E-state index in [1.54, 1.807) is 43.4 Å². The molecule has 25 heteroatoms. The maximum Gasteiger partial charge on any atom is 0.410 e. The molecule has 1 atom stereocenters. The first-order chi connectivity index (χ1) is 45.2. The van der Waals surface area contributed by atoms with Crippen molar-refractivity contribution < 1.29 is 99.1 Å². The minimum atomic E-state index is -1.50. The standard InChI is InChI=1S/C15H17NO.C13H19NO3.C11H14O5.C8H10BrNO.C8H10O4.C8H12O3.C6H4O4/c1-2-4-13(5-3-1)12-16-9-6-14-8-11-17-15(14)7-10-16;1-13(2,3)17-12(15)14-7-4-10-6-9-16-11(10)5-8-14;1-3-15-11(13)7-9-8(4-5-16-9)6-10(12)14-2;9-8-5-6-1-3-10-4-2-7(6)11-8;1-2-11-8(10)7(9)6-4-3-5-12-6;9-4-1-7-3-6-11-8(7)2-5-10;7-5(6(8)9)4-2-1-3-10-4/h1-5,8,11H,6-7,9-10,12H2;6,9H,4-5,7-8H2,1-3H3;4-5H,3,6-7H2,1-2H3;5,10H,1-4H2;3-5,7,9H,2H2,1H3;3,6,9-10H,1-2,4-5H2;1-3H,(H,8,9). The van der Waals surface area contributed by atoms with E-state index in [9.17, 15) is 33.9 Å². The lowest BCUT2D eigenvalue weighted by molar-refractivity contribution is -0.154. The van der Waals surface area contributed by atoms with Crippen molar-refractivity contribution in [2.75, 3.05) is 72.8 Å². The molecule has 10 heterocycles. The van der Waals surface area contributed by atoms with Crippen LogP contribution in [0.2, 0.25) is 0 Å². The van der Waals surface area contributed by atoms with Crippen LogP contribution < -0.4 is 5.32 Å². The number of benzene rings is 1. The molecule has 7 aromatic heterocycles. The summed E-state index contributed by atoms with van der Waals surface area (Å²) >= 11 is 3.33. The smallest absolute Gasteiger partial charge is 0.410 e. The Morgan fingerprint density at radius 1 is 0.617 bits per heavy atom. The van der Waals surface area contributed by atoms with Gasteiger partial charge in [-0.15, -0.1) is 0 Å². The summed E-state index contributed by atoms with van der Waals surface area (Å²) in [7, 11) is 1.31. The van der Waals surface area contributed by atoms with E-state index in [1.165, 1.54) is 72.1 Å². The number of amides is 1. The number of Topliss-reactive ketones (excluding diaryl/α,β-unsaturated/α-hetero) is 1. The van der Waals surface area contributed by atoms with Crippen LogP contribution in [0.25, 0.3) is 0 Å². The molecule has 5 N–H and O–H groups in total. The number of carboxylic acid groups (broad SMARTS) is 1. The Morgan fingerprint density at radius 3 is 1.84 bits per heavy atom. The van der Waals surface area contributed by atoms with Gasteiger partial charge >= 0.3 is 35.8 Å². The molecule has 0 aliphatic carbocycles. The van der Waals surface area contributed by atoms with Gasteiger partial charge in [0, 0.05) is 77.1 Å². The van der Waals surface area contributed by atoms with Crippen LogP contribution in [0.1, 0.15) is 119 Å². The highest BCUT2D eigenvalue weighted by molar-refractivity contribution is 9.10. The van der Waals surface area contributed by atoms with Crippen molar-refractivity contribution in [3.8, 4) is 0 Å². The second-order valence-electron chi connectivity index (χ2n) is 21.9. The van der Waals surface area contributed by atoms with E-state index in [4.69, 9.17) is 51.3 Å². The number of halogens is 1. The maximum absolute atomic E-state index is 11.9. The van der Waals surface area contributed by atoms with Crippen molar-refractivity contribution in [2.24, 2.45) is 0 Å². The number of aliphatic hydroxyl groups is 3. The molecule has 510 valence electrons. The number of furan rings is 7. The molecule has 24 nitrogen and oxygen atoms in total. The third-order valence-corrected chi connectivity index (χ3v) is 14.4. The van der Waals surface area contributed by atoms with Crippen LogP contribution in [0.3, 0.4) is 0 Å². The normalized spacial score (nSPS) is 13.4.